The third kappa shape index (κ3) is 2.78. The average Bonchev–Trinajstić information content (AvgIpc) is 2.32. The predicted molar refractivity (Wildman–Crippen MR) is 72.8 cm³/mol. The number of nitrogens with one attached hydrogen (secondary N) is 1. The smallest absolute Gasteiger partial charge is 0.275 e. The molecule has 0 saturated carbocycles. The van der Waals surface area contributed by atoms with Crippen LogP contribution in [0.4, 0.5) is 11.5 Å². The van der Waals surface area contributed by atoms with Crippen LogP contribution < -0.4 is 11.1 Å². The molecule has 92 valence electrons. The van der Waals surface area contributed by atoms with E-state index in [1.165, 1.54) is 0 Å². The van der Waals surface area contributed by atoms with Crippen molar-refractivity contribution in [2.45, 2.75) is 6.92 Å². The van der Waals surface area contributed by atoms with E-state index in [1.807, 2.05) is 25.1 Å². The van der Waals surface area contributed by atoms with Crippen LogP contribution in [0.15, 0.2) is 36.4 Å². The van der Waals surface area contributed by atoms with Crippen LogP contribution in [0.5, 0.6) is 0 Å². The maximum Gasteiger partial charge on any atom is 0.275 e. The molecule has 0 unspecified atom stereocenters. The number of nitrogens with two attached hydrogens (primary N) is 1. The molecule has 1 aromatic carbocycles. The van der Waals surface area contributed by atoms with Crippen molar-refractivity contribution >= 4 is 29.0 Å². The molecule has 0 aliphatic carbocycles. The van der Waals surface area contributed by atoms with Gasteiger partial charge in [-0.3, -0.25) is 4.79 Å². The Labute approximate surface area is 110 Å². The van der Waals surface area contributed by atoms with Crippen LogP contribution in [0, 0.1) is 6.92 Å². The van der Waals surface area contributed by atoms with Gasteiger partial charge in [0, 0.05) is 5.69 Å². The molecule has 0 bridgehead atoms. The summed E-state index contributed by atoms with van der Waals surface area (Å²) < 4.78 is 0. The number of nitrogens with zero attached hydrogens (tertiary/aromatic N) is 1. The largest absolute Gasteiger partial charge is 0.384 e. The molecule has 0 spiro atoms. The normalized spacial score (nSPS) is 10.1. The van der Waals surface area contributed by atoms with E-state index >= 15 is 0 Å². The average molecular weight is 262 g/mol. The Morgan fingerprint density at radius 2 is 2.11 bits per heavy atom. The summed E-state index contributed by atoms with van der Waals surface area (Å²) in [6.45, 7) is 1.95. The number of carbonyl (C=O) groups is 1. The number of aromatic nitrogens is 1. The van der Waals surface area contributed by atoms with Crippen molar-refractivity contribution in [1.82, 2.24) is 4.98 Å². The number of anilines is 2. The topological polar surface area (TPSA) is 68.0 Å². The Kier molecular flexibility index (Phi) is 3.48. The minimum absolute atomic E-state index is 0.123. The summed E-state index contributed by atoms with van der Waals surface area (Å²) in [5, 5.41) is 3.00. The molecule has 0 radical (unpaired) electrons. The van der Waals surface area contributed by atoms with Crippen LogP contribution in [0.1, 0.15) is 16.1 Å². The number of hydrogen-bond acceptors (Lipinski definition) is 3. The molecule has 3 N–H and O–H groups in total. The fourth-order valence-electron chi connectivity index (χ4n) is 1.53. The molecule has 18 heavy (non-hydrogen) atoms. The SMILES string of the molecule is Cc1cccc(NC(=O)c2nc(N)ccc2Cl)c1. The highest BCUT2D eigenvalue weighted by atomic mass is 35.5. The van der Waals surface area contributed by atoms with Crippen LogP contribution in [0.2, 0.25) is 5.02 Å². The van der Waals surface area contributed by atoms with Crippen LogP contribution in [-0.2, 0) is 0 Å². The maximum atomic E-state index is 12.0. The van der Waals surface area contributed by atoms with Gasteiger partial charge in [-0.25, -0.2) is 4.98 Å². The van der Waals surface area contributed by atoms with Gasteiger partial charge in [-0.05, 0) is 36.8 Å². The fourth-order valence-corrected chi connectivity index (χ4v) is 1.72. The third-order valence-corrected chi connectivity index (χ3v) is 2.66. The van der Waals surface area contributed by atoms with Crippen LogP contribution in [0.25, 0.3) is 0 Å². The first-order valence-electron chi connectivity index (χ1n) is 5.36. The molecule has 1 aromatic heterocycles. The number of halogens is 1. The number of nitrogen functional groups attached to an aromatic ring is 1. The molecule has 1 amide bonds. The zero-order chi connectivity index (χ0) is 13.1. The van der Waals surface area contributed by atoms with Gasteiger partial charge in [-0.15, -0.1) is 0 Å². The van der Waals surface area contributed by atoms with E-state index in [9.17, 15) is 4.79 Å². The van der Waals surface area contributed by atoms with Gasteiger partial charge < -0.3 is 11.1 Å². The van der Waals surface area contributed by atoms with Crippen molar-refractivity contribution in [3.8, 4) is 0 Å². The van der Waals surface area contributed by atoms with Crippen molar-refractivity contribution in [3.05, 3.63) is 52.7 Å². The quantitative estimate of drug-likeness (QED) is 0.873. The number of carbonyl (C=O) groups excluding carboxylic acids is 1. The maximum absolute atomic E-state index is 12.0. The Balaban J connectivity index is 2.24. The summed E-state index contributed by atoms with van der Waals surface area (Å²) in [6.07, 6.45) is 0. The van der Waals surface area contributed by atoms with E-state index in [4.69, 9.17) is 17.3 Å². The molecule has 0 aliphatic rings. The molecule has 0 fully saturated rings. The minimum atomic E-state index is -0.377. The van der Waals surface area contributed by atoms with E-state index in [0.717, 1.165) is 5.56 Å². The van der Waals surface area contributed by atoms with Crippen molar-refractivity contribution in [2.75, 3.05) is 11.1 Å². The van der Waals surface area contributed by atoms with Gasteiger partial charge in [0.05, 0.1) is 5.02 Å². The lowest BCUT2D eigenvalue weighted by Crippen LogP contribution is -2.15. The highest BCUT2D eigenvalue weighted by molar-refractivity contribution is 6.34. The van der Waals surface area contributed by atoms with Gasteiger partial charge in [0.25, 0.3) is 5.91 Å². The fraction of sp³-hybridized carbons (Fsp3) is 0.0769. The lowest BCUT2D eigenvalue weighted by atomic mass is 10.2. The second kappa shape index (κ2) is 5.06. The summed E-state index contributed by atoms with van der Waals surface area (Å²) in [7, 11) is 0. The van der Waals surface area contributed by atoms with E-state index in [0.29, 0.717) is 5.69 Å². The summed E-state index contributed by atoms with van der Waals surface area (Å²) in [4.78, 5) is 15.9. The summed E-state index contributed by atoms with van der Waals surface area (Å²) in [5.74, 6) is -0.119. The van der Waals surface area contributed by atoms with Crippen molar-refractivity contribution in [2.24, 2.45) is 0 Å². The molecule has 0 saturated heterocycles. The minimum Gasteiger partial charge on any atom is -0.384 e. The molecule has 4 nitrogen and oxygen atoms in total. The van der Waals surface area contributed by atoms with Crippen molar-refractivity contribution in [1.29, 1.82) is 0 Å². The highest BCUT2D eigenvalue weighted by Crippen LogP contribution is 2.17. The monoisotopic (exact) mass is 261 g/mol. The van der Waals surface area contributed by atoms with E-state index in [1.54, 1.807) is 18.2 Å². The number of benzene rings is 1. The van der Waals surface area contributed by atoms with Gasteiger partial charge in [-0.2, -0.15) is 0 Å². The number of amides is 1. The second-order valence-electron chi connectivity index (χ2n) is 3.89. The molecule has 2 rings (SSSR count). The van der Waals surface area contributed by atoms with Crippen LogP contribution in [0.3, 0.4) is 0 Å². The van der Waals surface area contributed by atoms with Gasteiger partial charge in [0.2, 0.25) is 0 Å². The second-order valence-corrected chi connectivity index (χ2v) is 4.30. The van der Waals surface area contributed by atoms with Crippen LogP contribution in [-0.4, -0.2) is 10.9 Å². The molecular weight excluding hydrogens is 250 g/mol. The Bertz CT molecular complexity index is 599. The first-order chi connectivity index (χ1) is 8.56. The van der Waals surface area contributed by atoms with Gasteiger partial charge >= 0.3 is 0 Å². The molecular formula is C13H12ClN3O. The van der Waals surface area contributed by atoms with E-state index in [2.05, 4.69) is 10.3 Å². The zero-order valence-electron chi connectivity index (χ0n) is 9.77. The van der Waals surface area contributed by atoms with Crippen molar-refractivity contribution < 1.29 is 4.79 Å². The Morgan fingerprint density at radius 1 is 1.33 bits per heavy atom. The summed E-state index contributed by atoms with van der Waals surface area (Å²) >= 11 is 5.91. The van der Waals surface area contributed by atoms with Gasteiger partial charge in [0.1, 0.15) is 11.5 Å². The van der Waals surface area contributed by atoms with Gasteiger partial charge in [0.15, 0.2) is 0 Å². The van der Waals surface area contributed by atoms with E-state index in [-0.39, 0.29) is 22.4 Å². The third-order valence-electron chi connectivity index (χ3n) is 2.36. The first kappa shape index (κ1) is 12.4. The lowest BCUT2D eigenvalue weighted by Gasteiger charge is -2.07. The molecule has 2 aromatic rings. The standard InChI is InChI=1S/C13H12ClN3O/c1-8-3-2-4-9(7-8)16-13(18)12-10(14)5-6-11(15)17-12/h2-7H,1H3,(H2,15,17)(H,16,18). The molecule has 0 atom stereocenters. The first-order valence-corrected chi connectivity index (χ1v) is 5.74. The predicted octanol–water partition coefficient (Wildman–Crippen LogP) is 2.88. The molecule has 0 aliphatic heterocycles. The van der Waals surface area contributed by atoms with Gasteiger partial charge in [-0.1, -0.05) is 23.7 Å². The van der Waals surface area contributed by atoms with Crippen molar-refractivity contribution in [3.63, 3.8) is 0 Å². The Hall–Kier alpha value is -2.07. The molecule has 1 heterocycles. The number of pyridine rings is 1. The molecule has 5 heteroatoms. The Morgan fingerprint density at radius 3 is 2.83 bits per heavy atom. The number of aryl methyl sites for hydroxylation is 1. The zero-order valence-corrected chi connectivity index (χ0v) is 10.5. The lowest BCUT2D eigenvalue weighted by molar-refractivity contribution is 0.102. The summed E-state index contributed by atoms with van der Waals surface area (Å²) in [5.41, 5.74) is 7.41. The number of rotatable bonds is 2. The number of hydrogen-bond donors (Lipinski definition) is 2. The summed E-state index contributed by atoms with van der Waals surface area (Å²) in [6, 6.07) is 10.6. The van der Waals surface area contributed by atoms with E-state index < -0.39 is 0 Å². The highest BCUT2D eigenvalue weighted by Gasteiger charge is 2.12. The van der Waals surface area contributed by atoms with Crippen LogP contribution >= 0.6 is 11.6 Å².